The monoisotopic (exact) mass is 314 g/mol. The van der Waals surface area contributed by atoms with Crippen molar-refractivity contribution in [3.8, 4) is 0 Å². The van der Waals surface area contributed by atoms with Crippen molar-refractivity contribution < 1.29 is 0 Å². The number of halogens is 2. The van der Waals surface area contributed by atoms with Gasteiger partial charge in [-0.15, -0.1) is 11.3 Å². The highest BCUT2D eigenvalue weighted by Crippen LogP contribution is 2.40. The lowest BCUT2D eigenvalue weighted by Crippen LogP contribution is -1.92. The fourth-order valence-electron chi connectivity index (χ4n) is 1.73. The Bertz CT molecular complexity index is 504. The van der Waals surface area contributed by atoms with Crippen molar-refractivity contribution in [1.29, 1.82) is 0 Å². The lowest BCUT2D eigenvalue weighted by Gasteiger charge is -2.11. The van der Waals surface area contributed by atoms with E-state index in [1.54, 1.807) is 0 Å². The second-order valence-corrected chi connectivity index (χ2v) is 6.40. The third kappa shape index (κ3) is 2.34. The van der Waals surface area contributed by atoms with Crippen molar-refractivity contribution in [3.05, 3.63) is 56.2 Å². The SMILES string of the molecule is Cc1cc(C)c(C(Br)c2ccccc2Cl)s1. The zero-order valence-electron chi connectivity index (χ0n) is 9.13. The topological polar surface area (TPSA) is 0 Å². The van der Waals surface area contributed by atoms with Crippen LogP contribution in [-0.2, 0) is 0 Å². The second-order valence-electron chi connectivity index (χ2n) is 3.79. The summed E-state index contributed by atoms with van der Waals surface area (Å²) in [5.74, 6) is 0. The summed E-state index contributed by atoms with van der Waals surface area (Å²) >= 11 is 11.8. The molecule has 1 aromatic carbocycles. The Labute approximate surface area is 113 Å². The fourth-order valence-corrected chi connectivity index (χ4v) is 4.18. The van der Waals surface area contributed by atoms with E-state index in [1.807, 2.05) is 29.5 Å². The van der Waals surface area contributed by atoms with Gasteiger partial charge in [0.1, 0.15) is 0 Å². The first-order chi connectivity index (χ1) is 7.59. The van der Waals surface area contributed by atoms with E-state index in [9.17, 15) is 0 Å². The molecular weight excluding hydrogens is 304 g/mol. The van der Waals surface area contributed by atoms with Gasteiger partial charge in [0.25, 0.3) is 0 Å². The highest BCUT2D eigenvalue weighted by molar-refractivity contribution is 9.09. The first-order valence-corrected chi connectivity index (χ1v) is 7.16. The first-order valence-electron chi connectivity index (χ1n) is 5.05. The van der Waals surface area contributed by atoms with E-state index in [1.165, 1.54) is 15.3 Å². The minimum Gasteiger partial charge on any atom is -0.144 e. The van der Waals surface area contributed by atoms with E-state index in [-0.39, 0.29) is 4.83 Å². The predicted molar refractivity (Wildman–Crippen MR) is 76.0 cm³/mol. The van der Waals surface area contributed by atoms with Crippen molar-refractivity contribution in [2.45, 2.75) is 18.7 Å². The minimum absolute atomic E-state index is 0.194. The van der Waals surface area contributed by atoms with Gasteiger partial charge in [-0.2, -0.15) is 0 Å². The van der Waals surface area contributed by atoms with Crippen LogP contribution in [0.2, 0.25) is 5.02 Å². The van der Waals surface area contributed by atoms with Crippen molar-refractivity contribution >= 4 is 38.9 Å². The zero-order chi connectivity index (χ0) is 11.7. The average Bonchev–Trinajstić information content (AvgIpc) is 2.58. The molecule has 0 amide bonds. The molecule has 1 atom stereocenters. The maximum atomic E-state index is 6.20. The van der Waals surface area contributed by atoms with Crippen LogP contribution in [-0.4, -0.2) is 0 Å². The van der Waals surface area contributed by atoms with Gasteiger partial charge in [-0.1, -0.05) is 45.7 Å². The maximum Gasteiger partial charge on any atom is 0.0755 e. The largest absolute Gasteiger partial charge is 0.144 e. The molecule has 0 N–H and O–H groups in total. The van der Waals surface area contributed by atoms with Crippen LogP contribution < -0.4 is 0 Å². The Kier molecular flexibility index (Phi) is 3.73. The fraction of sp³-hybridized carbons (Fsp3) is 0.231. The van der Waals surface area contributed by atoms with Crippen LogP contribution in [0.3, 0.4) is 0 Å². The number of rotatable bonds is 2. The van der Waals surface area contributed by atoms with E-state index >= 15 is 0 Å². The molecule has 0 radical (unpaired) electrons. The number of hydrogen-bond acceptors (Lipinski definition) is 1. The van der Waals surface area contributed by atoms with Gasteiger partial charge in [0.05, 0.1) is 4.83 Å². The summed E-state index contributed by atoms with van der Waals surface area (Å²) in [6, 6.07) is 10.2. The molecule has 0 aliphatic heterocycles. The van der Waals surface area contributed by atoms with E-state index in [4.69, 9.17) is 11.6 Å². The Morgan fingerprint density at radius 3 is 2.50 bits per heavy atom. The van der Waals surface area contributed by atoms with Gasteiger partial charge in [-0.25, -0.2) is 0 Å². The molecule has 0 nitrogen and oxygen atoms in total. The lowest BCUT2D eigenvalue weighted by molar-refractivity contribution is 1.19. The normalized spacial score (nSPS) is 12.8. The molecule has 0 bridgehead atoms. The molecular formula is C13H12BrClS. The number of benzene rings is 1. The van der Waals surface area contributed by atoms with Gasteiger partial charge in [0, 0.05) is 14.8 Å². The summed E-state index contributed by atoms with van der Waals surface area (Å²) < 4.78 is 0. The summed E-state index contributed by atoms with van der Waals surface area (Å²) in [4.78, 5) is 2.87. The maximum absolute atomic E-state index is 6.20. The van der Waals surface area contributed by atoms with Gasteiger partial charge in [-0.3, -0.25) is 0 Å². The molecule has 1 aromatic heterocycles. The van der Waals surface area contributed by atoms with Crippen molar-refractivity contribution in [2.24, 2.45) is 0 Å². The summed E-state index contributed by atoms with van der Waals surface area (Å²) in [6.07, 6.45) is 0. The molecule has 0 aliphatic carbocycles. The summed E-state index contributed by atoms with van der Waals surface area (Å²) in [7, 11) is 0. The van der Waals surface area contributed by atoms with E-state index in [0.717, 1.165) is 10.6 Å². The van der Waals surface area contributed by atoms with Gasteiger partial charge in [0.15, 0.2) is 0 Å². The molecule has 84 valence electrons. The van der Waals surface area contributed by atoms with Crippen molar-refractivity contribution in [2.75, 3.05) is 0 Å². The standard InChI is InChI=1S/C13H12BrClS/c1-8-7-9(2)16-13(8)12(14)10-5-3-4-6-11(10)15/h3-7,12H,1-2H3. The van der Waals surface area contributed by atoms with Crippen LogP contribution >= 0.6 is 38.9 Å². The Morgan fingerprint density at radius 1 is 1.25 bits per heavy atom. The Balaban J connectivity index is 2.43. The highest BCUT2D eigenvalue weighted by Gasteiger charge is 2.17. The van der Waals surface area contributed by atoms with Gasteiger partial charge >= 0.3 is 0 Å². The molecule has 0 fully saturated rings. The van der Waals surface area contributed by atoms with E-state index < -0.39 is 0 Å². The molecule has 1 heterocycles. The molecule has 0 aliphatic rings. The van der Waals surface area contributed by atoms with Crippen molar-refractivity contribution in [3.63, 3.8) is 0 Å². The van der Waals surface area contributed by atoms with Gasteiger partial charge in [0.2, 0.25) is 0 Å². The minimum atomic E-state index is 0.194. The van der Waals surface area contributed by atoms with Crippen LogP contribution in [0.15, 0.2) is 30.3 Å². The molecule has 0 spiro atoms. The van der Waals surface area contributed by atoms with Gasteiger partial charge in [-0.05, 0) is 37.1 Å². The molecule has 0 saturated heterocycles. The average molecular weight is 316 g/mol. The van der Waals surface area contributed by atoms with Crippen molar-refractivity contribution in [1.82, 2.24) is 0 Å². The quantitative estimate of drug-likeness (QED) is 0.642. The number of thiophene rings is 1. The summed E-state index contributed by atoms with van der Waals surface area (Å²) in [5.41, 5.74) is 2.46. The first kappa shape index (κ1) is 12.2. The summed E-state index contributed by atoms with van der Waals surface area (Å²) in [6.45, 7) is 4.28. The third-order valence-electron chi connectivity index (χ3n) is 2.49. The van der Waals surface area contributed by atoms with Gasteiger partial charge < -0.3 is 0 Å². The van der Waals surface area contributed by atoms with Crippen LogP contribution in [0.5, 0.6) is 0 Å². The Morgan fingerprint density at radius 2 is 1.94 bits per heavy atom. The number of aryl methyl sites for hydroxylation is 2. The summed E-state index contributed by atoms with van der Waals surface area (Å²) in [5, 5.41) is 0.815. The highest BCUT2D eigenvalue weighted by atomic mass is 79.9. The molecule has 1 unspecified atom stereocenters. The van der Waals surface area contributed by atoms with E-state index in [0.29, 0.717) is 0 Å². The molecule has 16 heavy (non-hydrogen) atoms. The predicted octanol–water partition coefficient (Wildman–Crippen LogP) is 5.50. The molecule has 2 aromatic rings. The lowest BCUT2D eigenvalue weighted by atomic mass is 10.1. The van der Waals surface area contributed by atoms with Crippen LogP contribution in [0.25, 0.3) is 0 Å². The van der Waals surface area contributed by atoms with Crippen LogP contribution in [0.4, 0.5) is 0 Å². The molecule has 2 rings (SSSR count). The number of hydrogen-bond donors (Lipinski definition) is 0. The zero-order valence-corrected chi connectivity index (χ0v) is 12.3. The Hall–Kier alpha value is -0.310. The third-order valence-corrected chi connectivity index (χ3v) is 5.30. The molecule has 0 saturated carbocycles. The second kappa shape index (κ2) is 4.91. The van der Waals surface area contributed by atoms with E-state index in [2.05, 4.69) is 41.9 Å². The van der Waals surface area contributed by atoms with Crippen LogP contribution in [0, 0.1) is 13.8 Å². The van der Waals surface area contributed by atoms with Crippen LogP contribution in [0.1, 0.15) is 25.7 Å². The smallest absolute Gasteiger partial charge is 0.0755 e. The molecule has 3 heteroatoms. The number of alkyl halides is 1.